The van der Waals surface area contributed by atoms with Crippen LogP contribution in [0.4, 0.5) is 19.0 Å². The van der Waals surface area contributed by atoms with Gasteiger partial charge in [-0.2, -0.15) is 13.2 Å². The zero-order valence-electron chi connectivity index (χ0n) is 19.4. The number of pyridine rings is 1. The normalized spacial score (nSPS) is 19.6. The van der Waals surface area contributed by atoms with Crippen molar-refractivity contribution in [2.75, 3.05) is 18.6 Å². The molecule has 0 spiro atoms. The Labute approximate surface area is 201 Å². The maximum Gasteiger partial charge on any atom is 0.417 e. The van der Waals surface area contributed by atoms with Gasteiger partial charge >= 0.3 is 6.18 Å². The number of aromatic nitrogens is 5. The van der Waals surface area contributed by atoms with E-state index in [1.54, 1.807) is 30.6 Å². The summed E-state index contributed by atoms with van der Waals surface area (Å²) in [5.74, 6) is 0.596. The van der Waals surface area contributed by atoms with Crippen molar-refractivity contribution in [3.63, 3.8) is 0 Å². The number of ether oxygens (including phenoxy) is 1. The average molecular weight is 498 g/mol. The topological polar surface area (TPSA) is 105 Å². The Kier molecular flexibility index (Phi) is 4.94. The summed E-state index contributed by atoms with van der Waals surface area (Å²) >= 11 is 0. The summed E-state index contributed by atoms with van der Waals surface area (Å²) < 4.78 is 46.3. The molecule has 1 aliphatic carbocycles. The monoisotopic (exact) mass is 498 g/mol. The third-order valence-corrected chi connectivity index (χ3v) is 7.12. The van der Waals surface area contributed by atoms with Gasteiger partial charge in [-0.1, -0.05) is 0 Å². The summed E-state index contributed by atoms with van der Waals surface area (Å²) in [5, 5.41) is 8.36. The molecule has 12 heteroatoms. The highest BCUT2D eigenvalue weighted by molar-refractivity contribution is 6.09. The third-order valence-electron chi connectivity index (χ3n) is 7.12. The second-order valence-electron chi connectivity index (χ2n) is 9.29. The summed E-state index contributed by atoms with van der Waals surface area (Å²) in [6.45, 7) is 1.99. The minimum atomic E-state index is -4.50. The van der Waals surface area contributed by atoms with E-state index in [4.69, 9.17) is 4.74 Å². The fourth-order valence-corrected chi connectivity index (χ4v) is 5.07. The summed E-state index contributed by atoms with van der Waals surface area (Å²) in [6, 6.07) is 4.43. The minimum absolute atomic E-state index is 0.102. The Morgan fingerprint density at radius 3 is 2.69 bits per heavy atom. The number of H-pyrrole nitrogens is 1. The molecule has 1 aromatic carbocycles. The number of rotatable bonds is 3. The first-order valence-corrected chi connectivity index (χ1v) is 11.5. The van der Waals surface area contributed by atoms with Crippen LogP contribution in [-0.4, -0.2) is 50.2 Å². The van der Waals surface area contributed by atoms with Crippen LogP contribution < -0.4 is 10.5 Å². The Hall–Kier alpha value is -3.80. The zero-order chi connectivity index (χ0) is 25.4. The number of hydrogen-bond acceptors (Lipinski definition) is 6. The highest BCUT2D eigenvalue weighted by atomic mass is 19.4. The summed E-state index contributed by atoms with van der Waals surface area (Å²) in [4.78, 5) is 34.3. The fraction of sp³-hybridized carbons (Fsp3) is 0.375. The van der Waals surface area contributed by atoms with E-state index in [9.17, 15) is 22.8 Å². The fourth-order valence-electron chi connectivity index (χ4n) is 5.07. The van der Waals surface area contributed by atoms with E-state index in [0.717, 1.165) is 25.1 Å². The van der Waals surface area contributed by atoms with E-state index in [0.29, 0.717) is 33.5 Å². The molecule has 2 aliphatic rings. The van der Waals surface area contributed by atoms with Gasteiger partial charge in [0.2, 0.25) is 5.65 Å². The summed E-state index contributed by atoms with van der Waals surface area (Å²) in [6.07, 6.45) is -1.79. The van der Waals surface area contributed by atoms with Gasteiger partial charge in [0.15, 0.2) is 0 Å². The van der Waals surface area contributed by atoms with Crippen molar-refractivity contribution in [3.8, 4) is 0 Å². The number of hydrogen-bond donors (Lipinski definition) is 1. The van der Waals surface area contributed by atoms with E-state index in [1.807, 2.05) is 0 Å². The van der Waals surface area contributed by atoms with Crippen LogP contribution >= 0.6 is 0 Å². The first-order valence-electron chi connectivity index (χ1n) is 11.5. The molecule has 1 fully saturated rings. The van der Waals surface area contributed by atoms with Gasteiger partial charge in [0.25, 0.3) is 11.5 Å². The van der Waals surface area contributed by atoms with E-state index in [-0.39, 0.29) is 36.5 Å². The predicted molar refractivity (Wildman–Crippen MR) is 123 cm³/mol. The Morgan fingerprint density at radius 2 is 1.97 bits per heavy atom. The van der Waals surface area contributed by atoms with Crippen LogP contribution in [0.25, 0.3) is 16.7 Å². The van der Waals surface area contributed by atoms with Crippen molar-refractivity contribution in [3.05, 3.63) is 62.8 Å². The molecular formula is C24H21F3N6O3. The molecule has 0 unspecified atom stereocenters. The third kappa shape index (κ3) is 3.39. The van der Waals surface area contributed by atoms with Crippen LogP contribution in [-0.2, 0) is 17.3 Å². The number of alkyl halides is 3. The Balaban J connectivity index is 1.41. The number of halogens is 3. The molecule has 4 heterocycles. The Morgan fingerprint density at radius 1 is 1.19 bits per heavy atom. The van der Waals surface area contributed by atoms with E-state index in [1.165, 1.54) is 4.90 Å². The largest absolute Gasteiger partial charge is 0.417 e. The number of aryl methyl sites for hydroxylation is 1. The van der Waals surface area contributed by atoms with Gasteiger partial charge in [0.05, 0.1) is 22.7 Å². The lowest BCUT2D eigenvalue weighted by atomic mass is 9.81. The Bertz CT molecular complexity index is 1600. The molecule has 1 N–H and O–H groups in total. The predicted octanol–water partition coefficient (Wildman–Crippen LogP) is 3.39. The standard InChI is InChI=1S/C24H21F3N6O3/c1-11-5-18-17(29-22(34)21-31-30-20(33(18)21)13-7-15(8-13)36-2)9-16(11)23(35)32-4-3-12-6-14(24(25,26)27)10-28-19(12)32/h5-6,9-10,13,15H,3-4,7-8H2,1-2H3,(H,29,34). The van der Waals surface area contributed by atoms with Gasteiger partial charge in [0, 0.05) is 31.3 Å². The number of nitrogens with zero attached hydrogens (tertiary/aromatic N) is 5. The molecule has 36 heavy (non-hydrogen) atoms. The number of carbonyl (C=O) groups is 1. The van der Waals surface area contributed by atoms with Gasteiger partial charge in [-0.05, 0) is 55.5 Å². The maximum atomic E-state index is 13.5. The van der Waals surface area contributed by atoms with Gasteiger partial charge in [0.1, 0.15) is 11.6 Å². The maximum absolute atomic E-state index is 13.5. The highest BCUT2D eigenvalue weighted by Gasteiger charge is 2.36. The molecule has 1 aliphatic heterocycles. The lowest BCUT2D eigenvalue weighted by molar-refractivity contribution is -0.137. The highest BCUT2D eigenvalue weighted by Crippen LogP contribution is 2.38. The van der Waals surface area contributed by atoms with Crippen LogP contribution in [0.3, 0.4) is 0 Å². The van der Waals surface area contributed by atoms with Gasteiger partial charge in [-0.15, -0.1) is 10.2 Å². The molecule has 0 bridgehead atoms. The number of benzene rings is 1. The number of aromatic amines is 1. The SMILES string of the molecule is COC1CC(c2nnc3c(=O)[nH]c4cc(C(=O)N5CCc6cc(C(F)(F)F)cnc65)c(C)cc4n23)C1. The molecule has 0 atom stereocenters. The van der Waals surface area contributed by atoms with Crippen molar-refractivity contribution in [1.29, 1.82) is 0 Å². The van der Waals surface area contributed by atoms with Gasteiger partial charge in [-0.25, -0.2) is 4.98 Å². The second kappa shape index (κ2) is 7.85. The molecule has 0 saturated heterocycles. The van der Waals surface area contributed by atoms with Gasteiger partial charge in [-0.3, -0.25) is 18.9 Å². The molecule has 6 rings (SSSR count). The van der Waals surface area contributed by atoms with Crippen molar-refractivity contribution in [2.45, 2.75) is 44.4 Å². The molecule has 1 amide bonds. The molecule has 9 nitrogen and oxygen atoms in total. The molecule has 186 valence electrons. The lowest BCUT2D eigenvalue weighted by Crippen LogP contribution is -2.31. The quantitative estimate of drug-likeness (QED) is 0.464. The number of nitrogens with one attached hydrogen (secondary N) is 1. The van der Waals surface area contributed by atoms with Crippen LogP contribution in [0.15, 0.2) is 29.2 Å². The minimum Gasteiger partial charge on any atom is -0.381 e. The van der Waals surface area contributed by atoms with E-state index < -0.39 is 23.2 Å². The van der Waals surface area contributed by atoms with Crippen molar-refractivity contribution >= 4 is 28.4 Å². The van der Waals surface area contributed by atoms with Gasteiger partial charge < -0.3 is 9.72 Å². The number of carbonyl (C=O) groups excluding carboxylic acids is 1. The van der Waals surface area contributed by atoms with E-state index >= 15 is 0 Å². The number of fused-ring (bicyclic) bond motifs is 4. The molecular weight excluding hydrogens is 477 g/mol. The van der Waals surface area contributed by atoms with Crippen LogP contribution in [0.1, 0.15) is 51.6 Å². The summed E-state index contributed by atoms with van der Waals surface area (Å²) in [7, 11) is 1.66. The molecule has 3 aromatic heterocycles. The zero-order valence-corrected chi connectivity index (χ0v) is 19.4. The first-order chi connectivity index (χ1) is 17.2. The molecule has 0 radical (unpaired) electrons. The smallest absolute Gasteiger partial charge is 0.381 e. The molecule has 4 aromatic rings. The number of amides is 1. The lowest BCUT2D eigenvalue weighted by Gasteiger charge is -2.32. The average Bonchev–Trinajstić information content (AvgIpc) is 3.43. The second-order valence-corrected chi connectivity index (χ2v) is 9.29. The van der Waals surface area contributed by atoms with Crippen LogP contribution in [0.5, 0.6) is 0 Å². The number of methoxy groups -OCH3 is 1. The van der Waals surface area contributed by atoms with E-state index in [2.05, 4.69) is 20.2 Å². The summed E-state index contributed by atoms with van der Waals surface area (Å²) in [5.41, 5.74) is 1.34. The van der Waals surface area contributed by atoms with Crippen LogP contribution in [0.2, 0.25) is 0 Å². The van der Waals surface area contributed by atoms with Crippen LogP contribution in [0, 0.1) is 6.92 Å². The molecule has 1 saturated carbocycles. The van der Waals surface area contributed by atoms with Crippen molar-refractivity contribution in [2.24, 2.45) is 0 Å². The van der Waals surface area contributed by atoms with Crippen molar-refractivity contribution in [1.82, 2.24) is 24.6 Å². The van der Waals surface area contributed by atoms with Crippen molar-refractivity contribution < 1.29 is 22.7 Å². The first kappa shape index (κ1) is 22.7. The number of anilines is 1.